The molecule has 1 aliphatic carbocycles. The Hall–Kier alpha value is -2.50. The fourth-order valence-electron chi connectivity index (χ4n) is 2.24. The second kappa shape index (κ2) is 5.36. The fraction of sp³-hybridized carbons (Fsp3) is 0.312. The number of carbonyl (C=O) groups is 1. The molecule has 1 aromatic carbocycles. The van der Waals surface area contributed by atoms with Crippen LogP contribution < -0.4 is 10.9 Å². The molecule has 6 heteroatoms. The molecule has 0 saturated heterocycles. The Morgan fingerprint density at radius 2 is 2.09 bits per heavy atom. The summed E-state index contributed by atoms with van der Waals surface area (Å²) in [6.07, 6.45) is 4.86. The van der Waals surface area contributed by atoms with Crippen molar-refractivity contribution in [1.29, 1.82) is 0 Å². The molecule has 5 nitrogen and oxygen atoms in total. The van der Waals surface area contributed by atoms with Gasteiger partial charge in [-0.25, -0.2) is 4.39 Å². The highest BCUT2D eigenvalue weighted by Gasteiger charge is 2.24. The van der Waals surface area contributed by atoms with Gasteiger partial charge in [0, 0.05) is 29.6 Å². The minimum absolute atomic E-state index is 0.186. The monoisotopic (exact) mass is 301 g/mol. The average Bonchev–Trinajstić information content (AvgIpc) is 3.29. The van der Waals surface area contributed by atoms with E-state index in [0.717, 1.165) is 12.8 Å². The number of hydrogen-bond acceptors (Lipinski definition) is 3. The van der Waals surface area contributed by atoms with Gasteiger partial charge in [0.15, 0.2) is 0 Å². The molecule has 1 aromatic heterocycles. The summed E-state index contributed by atoms with van der Waals surface area (Å²) in [7, 11) is 0. The normalized spacial score (nSPS) is 14.0. The molecule has 1 saturated carbocycles. The quantitative estimate of drug-likeness (QED) is 0.941. The predicted molar refractivity (Wildman–Crippen MR) is 79.8 cm³/mol. The number of halogens is 1. The van der Waals surface area contributed by atoms with Crippen molar-refractivity contribution < 1.29 is 9.18 Å². The molecular weight excluding hydrogens is 285 g/mol. The minimum Gasteiger partial charge on any atom is -0.349 e. The maximum absolute atomic E-state index is 14.2. The summed E-state index contributed by atoms with van der Waals surface area (Å²) in [6, 6.07) is 2.93. The minimum atomic E-state index is -0.514. The molecule has 1 fully saturated rings. The molecule has 2 aromatic rings. The predicted octanol–water partition coefficient (Wildman–Crippen LogP) is 1.88. The van der Waals surface area contributed by atoms with Crippen LogP contribution in [-0.2, 0) is 0 Å². The van der Waals surface area contributed by atoms with E-state index in [0.29, 0.717) is 16.9 Å². The van der Waals surface area contributed by atoms with Crippen molar-refractivity contribution in [3.05, 3.63) is 57.5 Å². The highest BCUT2D eigenvalue weighted by atomic mass is 19.1. The van der Waals surface area contributed by atoms with E-state index in [1.54, 1.807) is 13.8 Å². The van der Waals surface area contributed by atoms with Gasteiger partial charge >= 0.3 is 0 Å². The molecule has 1 N–H and O–H groups in total. The molecule has 0 aliphatic heterocycles. The third kappa shape index (κ3) is 2.64. The van der Waals surface area contributed by atoms with Crippen LogP contribution in [0.25, 0.3) is 5.69 Å². The number of aromatic nitrogens is 2. The van der Waals surface area contributed by atoms with Gasteiger partial charge in [0.2, 0.25) is 0 Å². The molecule has 22 heavy (non-hydrogen) atoms. The second-order valence-electron chi connectivity index (χ2n) is 5.54. The summed E-state index contributed by atoms with van der Waals surface area (Å²) >= 11 is 0. The summed E-state index contributed by atoms with van der Waals surface area (Å²) in [4.78, 5) is 28.2. The van der Waals surface area contributed by atoms with Gasteiger partial charge < -0.3 is 5.32 Å². The Kier molecular flexibility index (Phi) is 3.52. The Morgan fingerprint density at radius 3 is 2.77 bits per heavy atom. The number of amides is 1. The van der Waals surface area contributed by atoms with Gasteiger partial charge in [-0.05, 0) is 38.8 Å². The van der Waals surface area contributed by atoms with E-state index < -0.39 is 5.82 Å². The Balaban J connectivity index is 2.10. The smallest absolute Gasteiger partial charge is 0.276 e. The number of benzene rings is 1. The van der Waals surface area contributed by atoms with E-state index in [2.05, 4.69) is 10.3 Å². The van der Waals surface area contributed by atoms with Crippen LogP contribution in [0.5, 0.6) is 0 Å². The van der Waals surface area contributed by atoms with Crippen molar-refractivity contribution in [2.24, 2.45) is 0 Å². The second-order valence-corrected chi connectivity index (χ2v) is 5.54. The van der Waals surface area contributed by atoms with Crippen LogP contribution in [0.1, 0.15) is 34.5 Å². The number of aryl methyl sites for hydroxylation is 1. The van der Waals surface area contributed by atoms with Crippen molar-refractivity contribution >= 4 is 5.91 Å². The number of hydrogen-bond donors (Lipinski definition) is 1. The van der Waals surface area contributed by atoms with Gasteiger partial charge in [0.25, 0.3) is 11.5 Å². The summed E-state index contributed by atoms with van der Waals surface area (Å²) < 4.78 is 15.5. The van der Waals surface area contributed by atoms with E-state index >= 15 is 0 Å². The lowest BCUT2D eigenvalue weighted by molar-refractivity contribution is 0.0950. The number of nitrogens with zero attached hydrogens (tertiary/aromatic N) is 2. The largest absolute Gasteiger partial charge is 0.349 e. The Labute approximate surface area is 126 Å². The molecule has 0 spiro atoms. The first-order valence-corrected chi connectivity index (χ1v) is 7.13. The zero-order valence-electron chi connectivity index (χ0n) is 12.4. The van der Waals surface area contributed by atoms with Crippen molar-refractivity contribution in [3.63, 3.8) is 0 Å². The maximum Gasteiger partial charge on any atom is 0.276 e. The topological polar surface area (TPSA) is 64.0 Å². The molecule has 3 rings (SSSR count). The number of rotatable bonds is 3. The van der Waals surface area contributed by atoms with Crippen LogP contribution in [0.4, 0.5) is 4.39 Å². The van der Waals surface area contributed by atoms with Gasteiger partial charge in [-0.3, -0.25) is 19.1 Å². The van der Waals surface area contributed by atoms with E-state index in [-0.39, 0.29) is 23.1 Å². The maximum atomic E-state index is 14.2. The van der Waals surface area contributed by atoms with Crippen LogP contribution in [0.3, 0.4) is 0 Å². The molecule has 114 valence electrons. The van der Waals surface area contributed by atoms with Crippen molar-refractivity contribution in [1.82, 2.24) is 14.9 Å². The van der Waals surface area contributed by atoms with E-state index in [1.807, 2.05) is 0 Å². The summed E-state index contributed by atoms with van der Waals surface area (Å²) in [5.74, 6) is -0.832. The van der Waals surface area contributed by atoms with E-state index in [1.165, 1.54) is 29.1 Å². The highest BCUT2D eigenvalue weighted by molar-refractivity contribution is 5.95. The highest BCUT2D eigenvalue weighted by Crippen LogP contribution is 2.22. The Morgan fingerprint density at radius 1 is 1.36 bits per heavy atom. The van der Waals surface area contributed by atoms with Crippen molar-refractivity contribution in [2.75, 3.05) is 0 Å². The van der Waals surface area contributed by atoms with Crippen LogP contribution in [0.2, 0.25) is 0 Å². The lowest BCUT2D eigenvalue weighted by Crippen LogP contribution is -2.27. The van der Waals surface area contributed by atoms with Gasteiger partial charge in [-0.1, -0.05) is 0 Å². The number of nitrogens with one attached hydrogen (secondary N) is 1. The summed E-state index contributed by atoms with van der Waals surface area (Å²) in [5.41, 5.74) is 0.873. The molecule has 0 atom stereocenters. The SMILES string of the molecule is Cc1c(F)cc(C(=O)NC2CC2)cc1-n1ccnc(C)c1=O. The molecular formula is C16H16FN3O2. The molecule has 1 aliphatic rings. The molecule has 0 unspecified atom stereocenters. The van der Waals surface area contributed by atoms with E-state index in [4.69, 9.17) is 0 Å². The standard InChI is InChI=1S/C16H16FN3O2/c1-9-13(17)7-11(15(21)19-12-3-4-12)8-14(9)20-6-5-18-10(2)16(20)22/h5-8,12H,3-4H2,1-2H3,(H,19,21). The van der Waals surface area contributed by atoms with Crippen LogP contribution in [0, 0.1) is 19.7 Å². The van der Waals surface area contributed by atoms with Crippen LogP contribution >= 0.6 is 0 Å². The van der Waals surface area contributed by atoms with Crippen molar-refractivity contribution in [3.8, 4) is 5.69 Å². The lowest BCUT2D eigenvalue weighted by atomic mass is 10.1. The first-order valence-electron chi connectivity index (χ1n) is 7.13. The first kappa shape index (κ1) is 14.4. The third-order valence-corrected chi connectivity index (χ3v) is 3.76. The zero-order chi connectivity index (χ0) is 15.9. The third-order valence-electron chi connectivity index (χ3n) is 3.76. The molecule has 1 amide bonds. The fourth-order valence-corrected chi connectivity index (χ4v) is 2.24. The molecule has 0 bridgehead atoms. The first-order chi connectivity index (χ1) is 10.5. The zero-order valence-corrected chi connectivity index (χ0v) is 12.4. The van der Waals surface area contributed by atoms with Crippen molar-refractivity contribution in [2.45, 2.75) is 32.7 Å². The molecule has 1 heterocycles. The van der Waals surface area contributed by atoms with Gasteiger partial charge in [0.1, 0.15) is 11.5 Å². The summed E-state index contributed by atoms with van der Waals surface area (Å²) in [6.45, 7) is 3.17. The van der Waals surface area contributed by atoms with Gasteiger partial charge in [-0.15, -0.1) is 0 Å². The van der Waals surface area contributed by atoms with Crippen LogP contribution in [0.15, 0.2) is 29.3 Å². The van der Waals surface area contributed by atoms with Gasteiger partial charge in [-0.2, -0.15) is 0 Å². The lowest BCUT2D eigenvalue weighted by Gasteiger charge is -2.13. The number of carbonyl (C=O) groups excluding carboxylic acids is 1. The molecule has 0 radical (unpaired) electrons. The van der Waals surface area contributed by atoms with E-state index in [9.17, 15) is 14.0 Å². The van der Waals surface area contributed by atoms with Gasteiger partial charge in [0.05, 0.1) is 5.69 Å². The average molecular weight is 301 g/mol. The summed E-state index contributed by atoms with van der Waals surface area (Å²) in [5, 5.41) is 2.82. The van der Waals surface area contributed by atoms with Crippen LogP contribution in [-0.4, -0.2) is 21.5 Å². The Bertz CT molecular complexity index is 810.